The monoisotopic (exact) mass is 279 g/mol. The topological polar surface area (TPSA) is 49.3 Å². The number of aliphatic hydroxyl groups is 1. The third kappa shape index (κ3) is 2.84. The number of aliphatic hydroxyl groups excluding tert-OH is 1. The highest BCUT2D eigenvalue weighted by molar-refractivity contribution is 7.14. The molecule has 3 rings (SSSR count). The smallest absolute Gasteiger partial charge is 0.261 e. The molecule has 0 unspecified atom stereocenters. The van der Waals surface area contributed by atoms with Crippen molar-refractivity contribution in [1.82, 2.24) is 5.32 Å². The summed E-state index contributed by atoms with van der Waals surface area (Å²) in [5.41, 5.74) is 1.37. The first kappa shape index (κ1) is 13.1. The summed E-state index contributed by atoms with van der Waals surface area (Å²) in [6.45, 7) is 0. The number of carbonyl (C=O) groups is 1. The Balaban J connectivity index is 1.68. The number of amides is 1. The quantitative estimate of drug-likeness (QED) is 0.874. The number of rotatable bonds is 2. The first-order valence-electron chi connectivity index (χ1n) is 7.34. The summed E-state index contributed by atoms with van der Waals surface area (Å²) in [6, 6.07) is 2.00. The maximum Gasteiger partial charge on any atom is 0.261 e. The standard InChI is InChI=1S/C15H21NO2S/c17-12-7-3-2-6-11(12)16-15(18)14-9-10-5-1-4-8-13(10)19-14/h9,11-12,17H,1-8H2,(H,16,18)/t11-,12-/m1/s1. The van der Waals surface area contributed by atoms with Crippen molar-refractivity contribution in [3.05, 3.63) is 21.4 Å². The molecule has 2 aliphatic carbocycles. The summed E-state index contributed by atoms with van der Waals surface area (Å²) in [4.78, 5) is 14.5. The third-order valence-electron chi connectivity index (χ3n) is 4.27. The van der Waals surface area contributed by atoms with E-state index < -0.39 is 0 Å². The largest absolute Gasteiger partial charge is 0.391 e. The van der Waals surface area contributed by atoms with Gasteiger partial charge in [0.2, 0.25) is 0 Å². The predicted octanol–water partition coefficient (Wildman–Crippen LogP) is 2.66. The molecule has 0 aliphatic heterocycles. The van der Waals surface area contributed by atoms with Crippen molar-refractivity contribution in [2.45, 2.75) is 63.5 Å². The van der Waals surface area contributed by atoms with E-state index in [0.29, 0.717) is 0 Å². The van der Waals surface area contributed by atoms with Crippen LogP contribution in [0, 0.1) is 0 Å². The molecular formula is C15H21NO2S. The fraction of sp³-hybridized carbons (Fsp3) is 0.667. The van der Waals surface area contributed by atoms with Gasteiger partial charge in [-0.15, -0.1) is 11.3 Å². The van der Waals surface area contributed by atoms with Crippen LogP contribution in [0.3, 0.4) is 0 Å². The zero-order valence-corrected chi connectivity index (χ0v) is 12.0. The van der Waals surface area contributed by atoms with Gasteiger partial charge in [-0.1, -0.05) is 12.8 Å². The lowest BCUT2D eigenvalue weighted by molar-refractivity contribution is 0.0720. The average molecular weight is 279 g/mol. The number of carbonyl (C=O) groups excluding carboxylic acids is 1. The van der Waals surface area contributed by atoms with E-state index >= 15 is 0 Å². The Kier molecular flexibility index (Phi) is 3.89. The molecule has 0 aromatic carbocycles. The van der Waals surface area contributed by atoms with Gasteiger partial charge < -0.3 is 10.4 Å². The molecular weight excluding hydrogens is 258 g/mol. The molecule has 1 aromatic rings. The molecule has 2 aliphatic rings. The summed E-state index contributed by atoms with van der Waals surface area (Å²) in [5.74, 6) is 0.00495. The van der Waals surface area contributed by atoms with Crippen LogP contribution in [0.2, 0.25) is 0 Å². The minimum atomic E-state index is -0.368. The van der Waals surface area contributed by atoms with Gasteiger partial charge in [-0.25, -0.2) is 0 Å². The molecule has 1 amide bonds. The Morgan fingerprint density at radius 1 is 1.21 bits per heavy atom. The van der Waals surface area contributed by atoms with Gasteiger partial charge in [0.05, 0.1) is 17.0 Å². The van der Waals surface area contributed by atoms with Crippen LogP contribution in [0.4, 0.5) is 0 Å². The van der Waals surface area contributed by atoms with Crippen LogP contribution >= 0.6 is 11.3 Å². The molecule has 3 nitrogen and oxygen atoms in total. The zero-order valence-electron chi connectivity index (χ0n) is 11.2. The van der Waals surface area contributed by atoms with E-state index in [1.54, 1.807) is 11.3 Å². The second kappa shape index (κ2) is 5.63. The minimum Gasteiger partial charge on any atom is -0.391 e. The van der Waals surface area contributed by atoms with Crippen molar-refractivity contribution in [3.8, 4) is 0 Å². The van der Waals surface area contributed by atoms with Crippen molar-refractivity contribution >= 4 is 17.2 Å². The van der Waals surface area contributed by atoms with E-state index in [2.05, 4.69) is 11.4 Å². The minimum absolute atomic E-state index is 0.00495. The number of hydrogen-bond donors (Lipinski definition) is 2. The fourth-order valence-corrected chi connectivity index (χ4v) is 4.28. The van der Waals surface area contributed by atoms with Gasteiger partial charge in [-0.3, -0.25) is 4.79 Å². The predicted molar refractivity (Wildman–Crippen MR) is 76.7 cm³/mol. The van der Waals surface area contributed by atoms with Crippen LogP contribution < -0.4 is 5.32 Å². The van der Waals surface area contributed by atoms with Crippen molar-refractivity contribution in [2.75, 3.05) is 0 Å². The normalized spacial score (nSPS) is 26.8. The van der Waals surface area contributed by atoms with Crippen molar-refractivity contribution in [2.24, 2.45) is 0 Å². The summed E-state index contributed by atoms with van der Waals surface area (Å²) >= 11 is 1.64. The molecule has 0 saturated heterocycles. The van der Waals surface area contributed by atoms with E-state index in [0.717, 1.165) is 43.4 Å². The van der Waals surface area contributed by atoms with Gasteiger partial charge in [0.1, 0.15) is 0 Å². The van der Waals surface area contributed by atoms with Gasteiger partial charge >= 0.3 is 0 Å². The van der Waals surface area contributed by atoms with Crippen LogP contribution in [0.1, 0.15) is 58.6 Å². The van der Waals surface area contributed by atoms with Gasteiger partial charge in [0.25, 0.3) is 5.91 Å². The summed E-state index contributed by atoms with van der Waals surface area (Å²) < 4.78 is 0. The van der Waals surface area contributed by atoms with Crippen molar-refractivity contribution < 1.29 is 9.90 Å². The molecule has 2 atom stereocenters. The lowest BCUT2D eigenvalue weighted by Gasteiger charge is -2.28. The van der Waals surface area contributed by atoms with E-state index in [1.165, 1.54) is 23.3 Å². The Labute approximate surface area is 118 Å². The van der Waals surface area contributed by atoms with E-state index in [-0.39, 0.29) is 18.1 Å². The summed E-state index contributed by atoms with van der Waals surface area (Å²) in [6.07, 6.45) is 8.24. The molecule has 1 fully saturated rings. The number of fused-ring (bicyclic) bond motifs is 1. The fourth-order valence-electron chi connectivity index (χ4n) is 3.12. The molecule has 1 heterocycles. The van der Waals surface area contributed by atoms with Gasteiger partial charge in [0.15, 0.2) is 0 Å². The third-order valence-corrected chi connectivity index (χ3v) is 5.50. The maximum absolute atomic E-state index is 12.3. The highest BCUT2D eigenvalue weighted by Crippen LogP contribution is 2.30. The first-order valence-corrected chi connectivity index (χ1v) is 8.16. The highest BCUT2D eigenvalue weighted by atomic mass is 32.1. The summed E-state index contributed by atoms with van der Waals surface area (Å²) in [7, 11) is 0. The Hall–Kier alpha value is -0.870. The number of aryl methyl sites for hydroxylation is 2. The molecule has 0 spiro atoms. The van der Waals surface area contributed by atoms with E-state index in [4.69, 9.17) is 0 Å². The second-order valence-corrected chi connectivity index (χ2v) is 6.83. The molecule has 4 heteroatoms. The average Bonchev–Trinajstić information content (AvgIpc) is 2.85. The number of nitrogens with one attached hydrogen (secondary N) is 1. The van der Waals surface area contributed by atoms with Crippen LogP contribution in [0.15, 0.2) is 6.07 Å². The van der Waals surface area contributed by atoms with Crippen molar-refractivity contribution in [3.63, 3.8) is 0 Å². The van der Waals surface area contributed by atoms with Crippen LogP contribution in [0.25, 0.3) is 0 Å². The number of hydrogen-bond acceptors (Lipinski definition) is 3. The van der Waals surface area contributed by atoms with Gasteiger partial charge in [0, 0.05) is 4.88 Å². The lowest BCUT2D eigenvalue weighted by Crippen LogP contribution is -2.44. The van der Waals surface area contributed by atoms with Crippen molar-refractivity contribution in [1.29, 1.82) is 0 Å². The Bertz CT molecular complexity index is 445. The molecule has 0 bridgehead atoms. The molecule has 0 radical (unpaired) electrons. The van der Waals surface area contributed by atoms with Crippen LogP contribution in [0.5, 0.6) is 0 Å². The first-order chi connectivity index (χ1) is 9.24. The molecule has 1 saturated carbocycles. The van der Waals surface area contributed by atoms with Crippen LogP contribution in [-0.4, -0.2) is 23.2 Å². The molecule has 104 valence electrons. The molecule has 1 aromatic heterocycles. The lowest BCUT2D eigenvalue weighted by atomic mass is 9.92. The highest BCUT2D eigenvalue weighted by Gasteiger charge is 2.26. The molecule has 19 heavy (non-hydrogen) atoms. The Morgan fingerprint density at radius 3 is 2.79 bits per heavy atom. The maximum atomic E-state index is 12.3. The second-order valence-electron chi connectivity index (χ2n) is 5.70. The summed E-state index contributed by atoms with van der Waals surface area (Å²) in [5, 5.41) is 12.9. The molecule has 2 N–H and O–H groups in total. The van der Waals surface area contributed by atoms with Gasteiger partial charge in [-0.05, 0) is 50.2 Å². The Morgan fingerprint density at radius 2 is 2.00 bits per heavy atom. The van der Waals surface area contributed by atoms with Crippen LogP contribution in [-0.2, 0) is 12.8 Å². The van der Waals surface area contributed by atoms with Gasteiger partial charge in [-0.2, -0.15) is 0 Å². The zero-order chi connectivity index (χ0) is 13.2. The van der Waals surface area contributed by atoms with E-state index in [1.807, 2.05) is 0 Å². The van der Waals surface area contributed by atoms with E-state index in [9.17, 15) is 9.90 Å². The number of thiophene rings is 1. The SMILES string of the molecule is O=C(N[C@@H]1CCCC[C@H]1O)c1cc2c(s1)CCCC2.